The first-order valence-electron chi connectivity index (χ1n) is 8.61. The lowest BCUT2D eigenvalue weighted by atomic mass is 10.2. The van der Waals surface area contributed by atoms with Crippen LogP contribution in [0.3, 0.4) is 0 Å². The molecule has 29 heavy (non-hydrogen) atoms. The fourth-order valence-electron chi connectivity index (χ4n) is 2.51. The predicted octanol–water partition coefficient (Wildman–Crippen LogP) is 5.65. The molecule has 0 aliphatic heterocycles. The molecule has 0 bridgehead atoms. The molecule has 0 spiro atoms. The monoisotopic (exact) mass is 466 g/mol. The van der Waals surface area contributed by atoms with Crippen LogP contribution in [-0.2, 0) is 18.8 Å². The van der Waals surface area contributed by atoms with Crippen molar-refractivity contribution >= 4 is 52.5 Å². The van der Waals surface area contributed by atoms with Crippen molar-refractivity contribution in [2.45, 2.75) is 24.0 Å². The van der Waals surface area contributed by atoms with Crippen molar-refractivity contribution in [1.29, 1.82) is 0 Å². The number of nitrogens with one attached hydrogen (secondary N) is 1. The van der Waals surface area contributed by atoms with Crippen LogP contribution in [-0.4, -0.2) is 20.7 Å². The summed E-state index contributed by atoms with van der Waals surface area (Å²) >= 11 is 19.4. The summed E-state index contributed by atoms with van der Waals surface area (Å²) in [5.74, 6) is 1.09. The first-order chi connectivity index (χ1) is 14.0. The summed E-state index contributed by atoms with van der Waals surface area (Å²) in [5, 5.41) is 13.7. The Morgan fingerprint density at radius 3 is 2.55 bits per heavy atom. The summed E-state index contributed by atoms with van der Waals surface area (Å²) in [6.45, 7) is 4.57. The topological polar surface area (TPSA) is 59.8 Å². The third kappa shape index (κ3) is 5.76. The van der Waals surface area contributed by atoms with Crippen LogP contribution < -0.4 is 5.32 Å². The lowest BCUT2D eigenvalue weighted by molar-refractivity contribution is 0.0949. The Bertz CT molecular complexity index is 1020. The highest BCUT2D eigenvalue weighted by Gasteiger charge is 2.14. The van der Waals surface area contributed by atoms with E-state index in [-0.39, 0.29) is 12.5 Å². The number of hydrogen-bond acceptors (Lipinski definition) is 4. The van der Waals surface area contributed by atoms with Crippen molar-refractivity contribution in [3.05, 3.63) is 87.1 Å². The molecule has 3 aromatic rings. The molecule has 0 saturated carbocycles. The minimum Gasteiger partial charge on any atom is -0.345 e. The van der Waals surface area contributed by atoms with Crippen LogP contribution in [0.15, 0.2) is 60.3 Å². The number of benzene rings is 2. The molecule has 1 aromatic heterocycles. The minimum atomic E-state index is -0.208. The number of allylic oxidation sites excluding steroid dienone is 1. The third-order valence-electron chi connectivity index (χ3n) is 3.97. The van der Waals surface area contributed by atoms with Crippen LogP contribution in [0, 0.1) is 0 Å². The second kappa shape index (κ2) is 10.2. The minimum absolute atomic E-state index is 0.208. The van der Waals surface area contributed by atoms with E-state index in [4.69, 9.17) is 34.8 Å². The maximum Gasteiger partial charge on any atom is 0.251 e. The molecule has 1 heterocycles. The van der Waals surface area contributed by atoms with Gasteiger partial charge in [-0.1, -0.05) is 58.7 Å². The van der Waals surface area contributed by atoms with Crippen molar-refractivity contribution in [3.8, 4) is 0 Å². The van der Waals surface area contributed by atoms with Crippen molar-refractivity contribution in [2.75, 3.05) is 0 Å². The van der Waals surface area contributed by atoms with Crippen LogP contribution in [0.2, 0.25) is 15.1 Å². The normalized spacial score (nSPS) is 10.7. The molecule has 2 aromatic carbocycles. The van der Waals surface area contributed by atoms with Gasteiger partial charge in [-0.25, -0.2) is 0 Å². The summed E-state index contributed by atoms with van der Waals surface area (Å²) in [6, 6.07) is 12.2. The largest absolute Gasteiger partial charge is 0.345 e. The van der Waals surface area contributed by atoms with Gasteiger partial charge in [-0.15, -0.1) is 16.8 Å². The van der Waals surface area contributed by atoms with E-state index in [1.807, 2.05) is 16.7 Å². The molecule has 150 valence electrons. The molecule has 0 fully saturated rings. The molecule has 0 unspecified atom stereocenters. The van der Waals surface area contributed by atoms with Crippen LogP contribution in [0.25, 0.3) is 0 Å². The van der Waals surface area contributed by atoms with Gasteiger partial charge in [0.15, 0.2) is 11.0 Å². The zero-order valence-corrected chi connectivity index (χ0v) is 18.3. The summed E-state index contributed by atoms with van der Waals surface area (Å²) in [4.78, 5) is 12.3. The van der Waals surface area contributed by atoms with E-state index in [1.54, 1.807) is 36.4 Å². The number of thioether (sulfide) groups is 1. The predicted molar refractivity (Wildman–Crippen MR) is 119 cm³/mol. The number of hydrogen-bond donors (Lipinski definition) is 1. The van der Waals surface area contributed by atoms with Gasteiger partial charge < -0.3 is 9.88 Å². The van der Waals surface area contributed by atoms with E-state index in [0.29, 0.717) is 38.8 Å². The molecule has 0 radical (unpaired) electrons. The van der Waals surface area contributed by atoms with Gasteiger partial charge >= 0.3 is 0 Å². The lowest BCUT2D eigenvalue weighted by Crippen LogP contribution is -2.24. The third-order valence-corrected chi connectivity index (χ3v) is 6.00. The Labute approximate surface area is 188 Å². The van der Waals surface area contributed by atoms with Crippen molar-refractivity contribution in [2.24, 2.45) is 0 Å². The van der Waals surface area contributed by atoms with E-state index in [1.165, 1.54) is 11.8 Å². The summed E-state index contributed by atoms with van der Waals surface area (Å²) in [6.07, 6.45) is 1.76. The first-order valence-corrected chi connectivity index (χ1v) is 10.7. The highest BCUT2D eigenvalue weighted by molar-refractivity contribution is 7.98. The second-order valence-electron chi connectivity index (χ2n) is 6.02. The van der Waals surface area contributed by atoms with E-state index in [0.717, 1.165) is 10.7 Å². The van der Waals surface area contributed by atoms with Crippen molar-refractivity contribution in [1.82, 2.24) is 20.1 Å². The standard InChI is InChI=1S/C20H17Cl3N4OS/c1-2-9-27-18(11-24-19(28)14-4-6-15(21)7-5-14)25-26-20(27)29-12-13-3-8-16(22)17(23)10-13/h2-8,10H,1,9,11-12H2,(H,24,28). The van der Waals surface area contributed by atoms with E-state index >= 15 is 0 Å². The van der Waals surface area contributed by atoms with E-state index in [2.05, 4.69) is 22.1 Å². The maximum atomic E-state index is 12.3. The number of aromatic nitrogens is 3. The van der Waals surface area contributed by atoms with Gasteiger partial charge in [-0.05, 0) is 42.0 Å². The fraction of sp³-hybridized carbons (Fsp3) is 0.150. The smallest absolute Gasteiger partial charge is 0.251 e. The average molecular weight is 468 g/mol. The number of rotatable bonds is 8. The average Bonchev–Trinajstić information content (AvgIpc) is 3.09. The number of carbonyl (C=O) groups excluding carboxylic acids is 1. The molecule has 5 nitrogen and oxygen atoms in total. The van der Waals surface area contributed by atoms with E-state index < -0.39 is 0 Å². The molecular weight excluding hydrogens is 451 g/mol. The molecule has 0 aliphatic carbocycles. The fourth-order valence-corrected chi connectivity index (χ4v) is 3.87. The van der Waals surface area contributed by atoms with Crippen LogP contribution in [0.5, 0.6) is 0 Å². The summed E-state index contributed by atoms with van der Waals surface area (Å²) in [5.41, 5.74) is 1.55. The van der Waals surface area contributed by atoms with Gasteiger partial charge in [0, 0.05) is 22.9 Å². The van der Waals surface area contributed by atoms with Crippen LogP contribution >= 0.6 is 46.6 Å². The highest BCUT2D eigenvalue weighted by atomic mass is 35.5. The van der Waals surface area contributed by atoms with Gasteiger partial charge in [0.25, 0.3) is 5.91 Å². The van der Waals surface area contributed by atoms with Crippen molar-refractivity contribution in [3.63, 3.8) is 0 Å². The zero-order valence-electron chi connectivity index (χ0n) is 15.2. The van der Waals surface area contributed by atoms with Crippen LogP contribution in [0.4, 0.5) is 0 Å². The lowest BCUT2D eigenvalue weighted by Gasteiger charge is -2.09. The highest BCUT2D eigenvalue weighted by Crippen LogP contribution is 2.27. The molecular formula is C20H17Cl3N4OS. The molecule has 1 N–H and O–H groups in total. The van der Waals surface area contributed by atoms with Gasteiger partial charge in [0.05, 0.1) is 16.6 Å². The summed E-state index contributed by atoms with van der Waals surface area (Å²) < 4.78 is 1.91. The number of amides is 1. The molecule has 0 atom stereocenters. The Balaban J connectivity index is 1.67. The second-order valence-corrected chi connectivity index (χ2v) is 8.22. The molecule has 0 aliphatic rings. The Kier molecular flexibility index (Phi) is 7.61. The number of carbonyl (C=O) groups is 1. The molecule has 1 amide bonds. The molecule has 9 heteroatoms. The molecule has 0 saturated heterocycles. The van der Waals surface area contributed by atoms with Crippen molar-refractivity contribution < 1.29 is 4.79 Å². The summed E-state index contributed by atoms with van der Waals surface area (Å²) in [7, 11) is 0. The molecule has 3 rings (SSSR count). The number of halogens is 3. The van der Waals surface area contributed by atoms with Gasteiger partial charge in [-0.3, -0.25) is 4.79 Å². The van der Waals surface area contributed by atoms with E-state index in [9.17, 15) is 4.79 Å². The zero-order chi connectivity index (χ0) is 20.8. The quantitative estimate of drug-likeness (QED) is 0.344. The van der Waals surface area contributed by atoms with Crippen LogP contribution in [0.1, 0.15) is 21.7 Å². The van der Waals surface area contributed by atoms with Gasteiger partial charge in [-0.2, -0.15) is 0 Å². The SMILES string of the molecule is C=CCn1c(CNC(=O)c2ccc(Cl)cc2)nnc1SCc1ccc(Cl)c(Cl)c1. The maximum absolute atomic E-state index is 12.3. The Hall–Kier alpha value is -1.99. The Morgan fingerprint density at radius 2 is 1.86 bits per heavy atom. The van der Waals surface area contributed by atoms with Gasteiger partial charge in [0.2, 0.25) is 0 Å². The Morgan fingerprint density at radius 1 is 1.10 bits per heavy atom. The number of nitrogens with zero attached hydrogens (tertiary/aromatic N) is 3. The van der Waals surface area contributed by atoms with Gasteiger partial charge in [0.1, 0.15) is 0 Å². The first kappa shape index (κ1) is 21.7.